The normalized spacial score (nSPS) is 11.1. The molecule has 7 heteroatoms. The van der Waals surface area contributed by atoms with Crippen LogP contribution in [0.2, 0.25) is 0 Å². The van der Waals surface area contributed by atoms with E-state index in [0.29, 0.717) is 11.4 Å². The van der Waals surface area contributed by atoms with Crippen molar-refractivity contribution < 1.29 is 14.3 Å². The van der Waals surface area contributed by atoms with Crippen LogP contribution in [0.3, 0.4) is 0 Å². The average Bonchev–Trinajstić information content (AvgIpc) is 3.17. The zero-order valence-corrected chi connectivity index (χ0v) is 18.5. The predicted molar refractivity (Wildman–Crippen MR) is 122 cm³/mol. The molecule has 1 heterocycles. The Bertz CT molecular complexity index is 1050. The van der Waals surface area contributed by atoms with Crippen LogP contribution in [-0.2, 0) is 14.9 Å². The maximum Gasteiger partial charge on any atom is 0.338 e. The van der Waals surface area contributed by atoms with Crippen molar-refractivity contribution in [2.45, 2.75) is 26.2 Å². The molecule has 0 atom stereocenters. The fraction of sp³-hybridized carbons (Fsp3) is 0.292. The molecule has 2 aromatic carbocycles. The molecule has 0 saturated carbocycles. The van der Waals surface area contributed by atoms with E-state index >= 15 is 0 Å². The van der Waals surface area contributed by atoms with Crippen LogP contribution in [-0.4, -0.2) is 42.4 Å². The smallest absolute Gasteiger partial charge is 0.338 e. The van der Waals surface area contributed by atoms with Crippen LogP contribution >= 0.6 is 0 Å². The van der Waals surface area contributed by atoms with Gasteiger partial charge in [-0.1, -0.05) is 39.0 Å². The summed E-state index contributed by atoms with van der Waals surface area (Å²) in [4.78, 5) is 26.7. The van der Waals surface area contributed by atoms with Crippen molar-refractivity contribution in [1.29, 1.82) is 0 Å². The van der Waals surface area contributed by atoms with Crippen molar-refractivity contribution in [3.63, 3.8) is 0 Å². The van der Waals surface area contributed by atoms with Crippen LogP contribution < -0.4 is 10.2 Å². The number of esters is 1. The van der Waals surface area contributed by atoms with E-state index in [1.165, 1.54) is 0 Å². The van der Waals surface area contributed by atoms with Crippen molar-refractivity contribution in [2.75, 3.05) is 30.9 Å². The average molecular weight is 421 g/mol. The first-order chi connectivity index (χ1) is 14.6. The number of nitrogens with zero attached hydrogens (tertiary/aromatic N) is 3. The lowest BCUT2D eigenvalue weighted by molar-refractivity contribution is -0.119. The third kappa shape index (κ3) is 5.51. The molecule has 0 aliphatic carbocycles. The Hall–Kier alpha value is -3.61. The minimum absolute atomic E-state index is 0.190. The molecule has 3 rings (SSSR count). The molecule has 0 radical (unpaired) electrons. The maximum absolute atomic E-state index is 12.5. The highest BCUT2D eigenvalue weighted by molar-refractivity contribution is 5.95. The number of anilines is 2. The van der Waals surface area contributed by atoms with Crippen molar-refractivity contribution in [3.05, 3.63) is 71.9 Å². The van der Waals surface area contributed by atoms with Gasteiger partial charge in [0.2, 0.25) is 0 Å². The molecule has 0 aliphatic rings. The Labute approximate surface area is 182 Å². The van der Waals surface area contributed by atoms with Gasteiger partial charge in [0.25, 0.3) is 5.91 Å². The van der Waals surface area contributed by atoms with E-state index in [9.17, 15) is 9.59 Å². The molecule has 0 bridgehead atoms. The third-order valence-electron chi connectivity index (χ3n) is 4.70. The zero-order chi connectivity index (χ0) is 22.6. The van der Waals surface area contributed by atoms with Crippen LogP contribution in [0.5, 0.6) is 0 Å². The van der Waals surface area contributed by atoms with Crippen LogP contribution in [0, 0.1) is 0 Å². The summed E-state index contributed by atoms with van der Waals surface area (Å²) in [6.07, 6.45) is 0. The molecule has 1 aromatic heterocycles. The number of ether oxygens (including phenoxy) is 1. The van der Waals surface area contributed by atoms with Gasteiger partial charge in [-0.25, -0.2) is 9.48 Å². The molecule has 1 N–H and O–H groups in total. The Morgan fingerprint density at radius 2 is 1.68 bits per heavy atom. The molecule has 1 amide bonds. The van der Waals surface area contributed by atoms with E-state index in [4.69, 9.17) is 4.74 Å². The third-order valence-corrected chi connectivity index (χ3v) is 4.70. The largest absolute Gasteiger partial charge is 0.452 e. The highest BCUT2D eigenvalue weighted by Gasteiger charge is 2.22. The number of nitrogens with one attached hydrogen (secondary N) is 1. The quantitative estimate of drug-likeness (QED) is 0.609. The van der Waals surface area contributed by atoms with Gasteiger partial charge in [-0.15, -0.1) is 0 Å². The summed E-state index contributed by atoms with van der Waals surface area (Å²) in [7, 11) is 3.84. The minimum Gasteiger partial charge on any atom is -0.452 e. The summed E-state index contributed by atoms with van der Waals surface area (Å²) < 4.78 is 6.87. The lowest BCUT2D eigenvalue weighted by Crippen LogP contribution is -2.22. The van der Waals surface area contributed by atoms with Crippen molar-refractivity contribution in [2.24, 2.45) is 0 Å². The van der Waals surface area contributed by atoms with Crippen LogP contribution in [0.1, 0.15) is 36.8 Å². The lowest BCUT2D eigenvalue weighted by atomic mass is 9.92. The summed E-state index contributed by atoms with van der Waals surface area (Å²) >= 11 is 0. The summed E-state index contributed by atoms with van der Waals surface area (Å²) in [5.41, 5.74) is 2.84. The first-order valence-electron chi connectivity index (χ1n) is 10.1. The second-order valence-corrected chi connectivity index (χ2v) is 8.48. The van der Waals surface area contributed by atoms with E-state index in [2.05, 4.69) is 31.2 Å². The van der Waals surface area contributed by atoms with Crippen LogP contribution in [0.25, 0.3) is 5.69 Å². The van der Waals surface area contributed by atoms with Gasteiger partial charge < -0.3 is 15.0 Å². The van der Waals surface area contributed by atoms with Gasteiger partial charge in [-0.2, -0.15) is 5.10 Å². The molecule has 3 aromatic rings. The van der Waals surface area contributed by atoms with Crippen molar-refractivity contribution in [3.8, 4) is 5.69 Å². The van der Waals surface area contributed by atoms with E-state index in [1.54, 1.807) is 16.8 Å². The SMILES string of the molecule is CN(C)c1ccc(C(=O)OCC(=O)Nc2cc(C(C)(C)C)nn2-c2ccccc2)cc1. The van der Waals surface area contributed by atoms with Crippen LogP contribution in [0.4, 0.5) is 11.5 Å². The molecule has 7 nitrogen and oxygen atoms in total. The van der Waals surface area contributed by atoms with Gasteiger partial charge in [-0.05, 0) is 36.4 Å². The molecule has 31 heavy (non-hydrogen) atoms. The number of carbonyl (C=O) groups excluding carboxylic acids is 2. The highest BCUT2D eigenvalue weighted by atomic mass is 16.5. The summed E-state index contributed by atoms with van der Waals surface area (Å²) in [5.74, 6) is -0.462. The lowest BCUT2D eigenvalue weighted by Gasteiger charge is -2.14. The fourth-order valence-corrected chi connectivity index (χ4v) is 2.89. The molecule has 162 valence electrons. The molecule has 0 spiro atoms. The monoisotopic (exact) mass is 420 g/mol. The Kier molecular flexibility index (Phi) is 6.44. The standard InChI is InChI=1S/C24H28N4O3/c1-24(2,3)20-15-21(28(26-20)19-9-7-6-8-10-19)25-22(29)16-31-23(30)17-11-13-18(14-12-17)27(4)5/h6-15H,16H2,1-5H3,(H,25,29). The highest BCUT2D eigenvalue weighted by Crippen LogP contribution is 2.26. The Morgan fingerprint density at radius 1 is 1.03 bits per heavy atom. The molecule has 0 unspecified atom stereocenters. The fourth-order valence-electron chi connectivity index (χ4n) is 2.89. The number of carbonyl (C=O) groups is 2. The van der Waals surface area contributed by atoms with Crippen LogP contribution in [0.15, 0.2) is 60.7 Å². The molecule has 0 fully saturated rings. The summed E-state index contributed by atoms with van der Waals surface area (Å²) in [6, 6.07) is 18.4. The second kappa shape index (κ2) is 9.04. The van der Waals surface area contributed by atoms with Gasteiger partial charge >= 0.3 is 5.97 Å². The van der Waals surface area contributed by atoms with E-state index in [0.717, 1.165) is 17.1 Å². The number of para-hydroxylation sites is 1. The summed E-state index contributed by atoms with van der Waals surface area (Å²) in [6.45, 7) is 5.78. The number of rotatable bonds is 6. The molecule has 0 aliphatic heterocycles. The van der Waals surface area contributed by atoms with E-state index in [-0.39, 0.29) is 12.0 Å². The molecule has 0 saturated heterocycles. The maximum atomic E-state index is 12.5. The topological polar surface area (TPSA) is 76.5 Å². The molecular formula is C24H28N4O3. The van der Waals surface area contributed by atoms with Gasteiger partial charge in [0.15, 0.2) is 6.61 Å². The zero-order valence-electron chi connectivity index (χ0n) is 18.5. The number of benzene rings is 2. The number of amides is 1. The number of hydrogen-bond acceptors (Lipinski definition) is 5. The summed E-state index contributed by atoms with van der Waals surface area (Å²) in [5, 5.41) is 7.47. The van der Waals surface area contributed by atoms with Crippen molar-refractivity contribution >= 4 is 23.4 Å². The first kappa shape index (κ1) is 22.1. The number of aromatic nitrogens is 2. The Balaban J connectivity index is 1.70. The second-order valence-electron chi connectivity index (χ2n) is 8.48. The minimum atomic E-state index is -0.549. The van der Waals surface area contributed by atoms with Gasteiger partial charge in [0.1, 0.15) is 5.82 Å². The molecular weight excluding hydrogens is 392 g/mol. The van der Waals surface area contributed by atoms with E-state index in [1.807, 2.05) is 67.5 Å². The van der Waals surface area contributed by atoms with Crippen molar-refractivity contribution in [1.82, 2.24) is 9.78 Å². The predicted octanol–water partition coefficient (Wildman–Crippen LogP) is 4.03. The first-order valence-corrected chi connectivity index (χ1v) is 10.1. The number of hydrogen-bond donors (Lipinski definition) is 1. The van der Waals surface area contributed by atoms with Gasteiger partial charge in [-0.3, -0.25) is 4.79 Å². The van der Waals surface area contributed by atoms with E-state index < -0.39 is 11.9 Å². The van der Waals surface area contributed by atoms with Gasteiger partial charge in [0.05, 0.1) is 16.9 Å². The van der Waals surface area contributed by atoms with Gasteiger partial charge in [0, 0.05) is 31.3 Å². The Morgan fingerprint density at radius 3 is 2.26 bits per heavy atom.